The van der Waals surface area contributed by atoms with E-state index in [9.17, 15) is 0 Å². The van der Waals surface area contributed by atoms with Crippen molar-refractivity contribution in [3.05, 3.63) is 35.9 Å². The van der Waals surface area contributed by atoms with Crippen molar-refractivity contribution in [3.63, 3.8) is 0 Å². The molecule has 0 aromatic heterocycles. The van der Waals surface area contributed by atoms with Gasteiger partial charge in [0.15, 0.2) is 0 Å². The average molecular weight is 187 g/mol. The van der Waals surface area contributed by atoms with E-state index < -0.39 is 0 Å². The smallest absolute Gasteiger partial charge is 0.0589 e. The van der Waals surface area contributed by atoms with E-state index in [0.29, 0.717) is 5.92 Å². The Morgan fingerprint density at radius 2 is 1.45 bits per heavy atom. The van der Waals surface area contributed by atoms with E-state index in [1.54, 1.807) is 0 Å². The van der Waals surface area contributed by atoms with Crippen molar-refractivity contribution in [2.24, 2.45) is 0 Å². The zero-order valence-corrected chi connectivity index (χ0v) is 7.39. The number of rotatable bonds is 1. The highest BCUT2D eigenvalue weighted by Crippen LogP contribution is 2.49. The highest BCUT2D eigenvalue weighted by molar-refractivity contribution is 6.35. The molecule has 0 heterocycles. The van der Waals surface area contributed by atoms with Gasteiger partial charge in [0.25, 0.3) is 0 Å². The summed E-state index contributed by atoms with van der Waals surface area (Å²) in [6.07, 6.45) is 0. The van der Waals surface area contributed by atoms with Crippen LogP contribution in [0, 0.1) is 0 Å². The number of hydrogen-bond acceptors (Lipinski definition) is 0. The van der Waals surface area contributed by atoms with E-state index in [0.717, 1.165) is 0 Å². The lowest BCUT2D eigenvalue weighted by molar-refractivity contribution is 1.13. The minimum Gasteiger partial charge on any atom is -0.121 e. The zero-order chi connectivity index (χ0) is 7.84. The van der Waals surface area contributed by atoms with Crippen molar-refractivity contribution in [1.29, 1.82) is 0 Å². The Balaban J connectivity index is 2.20. The van der Waals surface area contributed by atoms with Gasteiger partial charge in [-0.3, -0.25) is 0 Å². The van der Waals surface area contributed by atoms with Gasteiger partial charge in [0, 0.05) is 5.92 Å². The molecule has 0 N–H and O–H groups in total. The first-order valence-corrected chi connectivity index (χ1v) is 4.51. The van der Waals surface area contributed by atoms with Crippen molar-refractivity contribution >= 4 is 23.2 Å². The number of alkyl halides is 2. The number of halogens is 2. The first kappa shape index (κ1) is 7.45. The average Bonchev–Trinajstić information content (AvgIpc) is 2.62. The first-order chi connectivity index (χ1) is 5.30. The molecule has 0 spiro atoms. The van der Waals surface area contributed by atoms with E-state index in [1.807, 2.05) is 18.2 Å². The van der Waals surface area contributed by atoms with Crippen molar-refractivity contribution in [3.8, 4) is 0 Å². The van der Waals surface area contributed by atoms with E-state index in [4.69, 9.17) is 23.2 Å². The summed E-state index contributed by atoms with van der Waals surface area (Å²) in [7, 11) is 0. The molecule has 2 unspecified atom stereocenters. The summed E-state index contributed by atoms with van der Waals surface area (Å²) in [6.45, 7) is 0. The summed E-state index contributed by atoms with van der Waals surface area (Å²) >= 11 is 11.8. The van der Waals surface area contributed by atoms with Crippen LogP contribution in [0.3, 0.4) is 0 Å². The largest absolute Gasteiger partial charge is 0.121 e. The molecule has 1 aliphatic rings. The van der Waals surface area contributed by atoms with Gasteiger partial charge < -0.3 is 0 Å². The Bertz CT molecular complexity index is 237. The molecule has 0 radical (unpaired) electrons. The minimum absolute atomic E-state index is 0.138. The second-order valence-electron chi connectivity index (χ2n) is 2.83. The van der Waals surface area contributed by atoms with Crippen molar-refractivity contribution in [2.45, 2.75) is 16.7 Å². The molecular formula is C9H8Cl2. The summed E-state index contributed by atoms with van der Waals surface area (Å²) in [4.78, 5) is 0. The van der Waals surface area contributed by atoms with Crippen molar-refractivity contribution < 1.29 is 0 Å². The maximum atomic E-state index is 5.90. The third-order valence-electron chi connectivity index (χ3n) is 2.03. The molecule has 2 atom stereocenters. The van der Waals surface area contributed by atoms with Gasteiger partial charge >= 0.3 is 0 Å². The van der Waals surface area contributed by atoms with Crippen LogP contribution in [0.2, 0.25) is 0 Å². The molecule has 1 aliphatic carbocycles. The Hall–Kier alpha value is -0.200. The van der Waals surface area contributed by atoms with Gasteiger partial charge in [0.05, 0.1) is 10.8 Å². The van der Waals surface area contributed by atoms with Crippen LogP contribution in [0.1, 0.15) is 11.5 Å². The normalized spacial score (nSPS) is 35.3. The van der Waals surface area contributed by atoms with Gasteiger partial charge in [-0.05, 0) is 5.56 Å². The van der Waals surface area contributed by atoms with Crippen molar-refractivity contribution in [2.75, 3.05) is 0 Å². The lowest BCUT2D eigenvalue weighted by Gasteiger charge is -1.94. The Morgan fingerprint density at radius 3 is 1.91 bits per heavy atom. The molecule has 11 heavy (non-hydrogen) atoms. The lowest BCUT2D eigenvalue weighted by Crippen LogP contribution is -1.79. The number of hydrogen-bond donors (Lipinski definition) is 0. The third-order valence-corrected chi connectivity index (χ3v) is 3.25. The molecule has 0 amide bonds. The molecule has 0 aliphatic heterocycles. The summed E-state index contributed by atoms with van der Waals surface area (Å²) < 4.78 is 0. The fourth-order valence-corrected chi connectivity index (χ4v) is 2.11. The molecule has 2 heteroatoms. The third kappa shape index (κ3) is 1.25. The summed E-state index contributed by atoms with van der Waals surface area (Å²) in [5.74, 6) is 0.375. The standard InChI is InChI=1S/C9H8Cl2/c10-8-7(9(8)11)6-4-2-1-3-5-6/h1-5,7-9H. The SMILES string of the molecule is ClC1C(Cl)C1c1ccccc1. The Kier molecular flexibility index (Phi) is 1.82. The molecule has 1 saturated carbocycles. The van der Waals surface area contributed by atoms with Gasteiger partial charge in [-0.1, -0.05) is 30.3 Å². The molecular weight excluding hydrogens is 179 g/mol. The molecule has 0 saturated heterocycles. The van der Waals surface area contributed by atoms with Gasteiger partial charge in [-0.25, -0.2) is 0 Å². The predicted octanol–water partition coefficient (Wildman–Crippen LogP) is 3.00. The fourth-order valence-electron chi connectivity index (χ4n) is 1.28. The van der Waals surface area contributed by atoms with Crippen LogP contribution < -0.4 is 0 Å². The second-order valence-corrected chi connectivity index (χ2v) is 3.83. The number of benzene rings is 1. The molecule has 58 valence electrons. The highest BCUT2D eigenvalue weighted by Gasteiger charge is 2.48. The first-order valence-electron chi connectivity index (χ1n) is 3.64. The molecule has 2 rings (SSSR count). The minimum atomic E-state index is 0.138. The molecule has 1 fully saturated rings. The summed E-state index contributed by atoms with van der Waals surface area (Å²) in [5, 5.41) is 0.276. The van der Waals surface area contributed by atoms with Crippen LogP contribution in [0.25, 0.3) is 0 Å². The van der Waals surface area contributed by atoms with Gasteiger partial charge in [0.2, 0.25) is 0 Å². The van der Waals surface area contributed by atoms with Crippen molar-refractivity contribution in [1.82, 2.24) is 0 Å². The zero-order valence-electron chi connectivity index (χ0n) is 5.87. The summed E-state index contributed by atoms with van der Waals surface area (Å²) in [5.41, 5.74) is 1.26. The van der Waals surface area contributed by atoms with Gasteiger partial charge in [-0.15, -0.1) is 23.2 Å². The quantitative estimate of drug-likeness (QED) is 0.593. The maximum Gasteiger partial charge on any atom is 0.0589 e. The molecule has 1 aromatic carbocycles. The second kappa shape index (κ2) is 2.69. The highest BCUT2D eigenvalue weighted by atomic mass is 35.5. The van der Waals surface area contributed by atoms with Crippen LogP contribution in [0.15, 0.2) is 30.3 Å². The monoisotopic (exact) mass is 186 g/mol. The lowest BCUT2D eigenvalue weighted by atomic mass is 10.1. The molecule has 0 nitrogen and oxygen atoms in total. The summed E-state index contributed by atoms with van der Waals surface area (Å²) in [6, 6.07) is 10.2. The Morgan fingerprint density at radius 1 is 0.909 bits per heavy atom. The van der Waals surface area contributed by atoms with Crippen LogP contribution in [-0.2, 0) is 0 Å². The van der Waals surface area contributed by atoms with E-state index in [-0.39, 0.29) is 10.8 Å². The fraction of sp³-hybridized carbons (Fsp3) is 0.333. The predicted molar refractivity (Wildman–Crippen MR) is 48.5 cm³/mol. The van der Waals surface area contributed by atoms with Gasteiger partial charge in [-0.2, -0.15) is 0 Å². The maximum absolute atomic E-state index is 5.90. The molecule has 1 aromatic rings. The van der Waals surface area contributed by atoms with E-state index in [2.05, 4.69) is 12.1 Å². The van der Waals surface area contributed by atoms with Gasteiger partial charge in [0.1, 0.15) is 0 Å². The van der Waals surface area contributed by atoms with E-state index in [1.165, 1.54) is 5.56 Å². The topological polar surface area (TPSA) is 0 Å². The van der Waals surface area contributed by atoms with Crippen LogP contribution in [0.5, 0.6) is 0 Å². The van der Waals surface area contributed by atoms with Crippen LogP contribution in [0.4, 0.5) is 0 Å². The van der Waals surface area contributed by atoms with E-state index >= 15 is 0 Å². The molecule has 0 bridgehead atoms. The van der Waals surface area contributed by atoms with Crippen LogP contribution in [-0.4, -0.2) is 10.8 Å². The van der Waals surface area contributed by atoms with Crippen LogP contribution >= 0.6 is 23.2 Å². The Labute approximate surface area is 76.1 Å².